The Kier molecular flexibility index (Phi) is 5.01. The van der Waals surface area contributed by atoms with E-state index in [0.29, 0.717) is 21.4 Å². The summed E-state index contributed by atoms with van der Waals surface area (Å²) in [5, 5.41) is 4.12. The molecule has 0 unspecified atom stereocenters. The molecule has 4 rings (SSSR count). The largest absolute Gasteiger partial charge is 0.462 e. The maximum Gasteiger partial charge on any atom is 0.275 e. The Labute approximate surface area is 168 Å². The van der Waals surface area contributed by atoms with Gasteiger partial charge in [-0.2, -0.15) is 0 Å². The average Bonchev–Trinajstić information content (AvgIpc) is 3.39. The van der Waals surface area contributed by atoms with Crippen LogP contribution in [0.4, 0.5) is 10.1 Å². The Morgan fingerprint density at radius 1 is 1.36 bits per heavy atom. The van der Waals surface area contributed by atoms with E-state index in [-0.39, 0.29) is 5.69 Å². The molecule has 0 fully saturated rings. The summed E-state index contributed by atoms with van der Waals surface area (Å²) in [5.74, 6) is -0.242. The van der Waals surface area contributed by atoms with Crippen LogP contribution in [0, 0.1) is 12.7 Å². The summed E-state index contributed by atoms with van der Waals surface area (Å²) >= 11 is 2.70. The molecular formula is C19H15FN4O2S2. The molecule has 0 aliphatic heterocycles. The minimum atomic E-state index is -0.439. The lowest BCUT2D eigenvalue weighted by atomic mass is 10.3. The second kappa shape index (κ2) is 7.61. The van der Waals surface area contributed by atoms with Crippen molar-refractivity contribution in [3.8, 4) is 10.8 Å². The number of halogens is 1. The van der Waals surface area contributed by atoms with E-state index >= 15 is 0 Å². The smallest absolute Gasteiger partial charge is 0.275 e. The summed E-state index contributed by atoms with van der Waals surface area (Å²) in [7, 11) is 1.87. The van der Waals surface area contributed by atoms with Crippen molar-refractivity contribution in [3.05, 3.63) is 65.4 Å². The molecule has 0 spiro atoms. The van der Waals surface area contributed by atoms with Crippen molar-refractivity contribution >= 4 is 34.7 Å². The fraction of sp³-hybridized carbons (Fsp3) is 0.105. The van der Waals surface area contributed by atoms with Gasteiger partial charge in [0.25, 0.3) is 5.91 Å². The number of aromatic nitrogens is 3. The van der Waals surface area contributed by atoms with Gasteiger partial charge < -0.3 is 14.3 Å². The molecule has 28 heavy (non-hydrogen) atoms. The highest BCUT2D eigenvalue weighted by Crippen LogP contribution is 2.34. The predicted molar refractivity (Wildman–Crippen MR) is 106 cm³/mol. The van der Waals surface area contributed by atoms with Crippen molar-refractivity contribution in [2.75, 3.05) is 5.32 Å². The maximum absolute atomic E-state index is 13.8. The van der Waals surface area contributed by atoms with Crippen molar-refractivity contribution in [2.45, 2.75) is 17.0 Å². The molecule has 0 saturated heterocycles. The Balaban J connectivity index is 1.61. The average molecular weight is 414 g/mol. The van der Waals surface area contributed by atoms with E-state index in [0.717, 1.165) is 10.0 Å². The summed E-state index contributed by atoms with van der Waals surface area (Å²) in [6.07, 6.45) is 5.05. The first-order valence-corrected chi connectivity index (χ1v) is 9.92. The number of imidazole rings is 1. The van der Waals surface area contributed by atoms with Gasteiger partial charge in [-0.05, 0) is 49.0 Å². The SMILES string of the molecule is Cc1sc(-c2ccco2)nc1C(=O)Nc1cc(F)ccc1Sc1nccn1C. The standard InChI is InChI=1S/C19H15FN4O2S2/c1-11-16(23-18(27-11)14-4-3-9-26-14)17(25)22-13-10-12(20)5-6-15(13)28-19-21-7-8-24(19)2/h3-10H,1-2H3,(H,22,25). The van der Waals surface area contributed by atoms with Crippen LogP contribution in [-0.2, 0) is 7.05 Å². The molecule has 0 aliphatic carbocycles. The number of rotatable bonds is 5. The first-order chi connectivity index (χ1) is 13.5. The van der Waals surface area contributed by atoms with E-state index in [9.17, 15) is 9.18 Å². The second-order valence-corrected chi connectivity index (χ2v) is 8.13. The number of benzene rings is 1. The van der Waals surface area contributed by atoms with Crippen LogP contribution in [0.1, 0.15) is 15.4 Å². The molecule has 4 aromatic rings. The number of carbonyl (C=O) groups is 1. The number of carbonyl (C=O) groups excluding carboxylic acids is 1. The number of aryl methyl sites for hydroxylation is 2. The van der Waals surface area contributed by atoms with Gasteiger partial charge in [-0.15, -0.1) is 11.3 Å². The normalized spacial score (nSPS) is 11.0. The number of hydrogen-bond donors (Lipinski definition) is 1. The van der Waals surface area contributed by atoms with Gasteiger partial charge in [0.15, 0.2) is 15.9 Å². The third-order valence-electron chi connectivity index (χ3n) is 3.91. The summed E-state index contributed by atoms with van der Waals surface area (Å²) < 4.78 is 21.0. The predicted octanol–water partition coefficient (Wildman–Crippen LogP) is 4.99. The lowest BCUT2D eigenvalue weighted by molar-refractivity contribution is 0.102. The molecule has 1 amide bonds. The minimum Gasteiger partial charge on any atom is -0.462 e. The number of nitrogens with zero attached hydrogens (tertiary/aromatic N) is 3. The minimum absolute atomic E-state index is 0.286. The van der Waals surface area contributed by atoms with Gasteiger partial charge in [0.05, 0.1) is 12.0 Å². The van der Waals surface area contributed by atoms with E-state index in [1.54, 1.807) is 30.7 Å². The molecule has 0 bridgehead atoms. The van der Waals surface area contributed by atoms with Crippen LogP contribution in [0.25, 0.3) is 10.8 Å². The fourth-order valence-corrected chi connectivity index (χ4v) is 4.28. The number of thiazole rings is 1. The van der Waals surface area contributed by atoms with Crippen LogP contribution in [-0.4, -0.2) is 20.4 Å². The zero-order chi connectivity index (χ0) is 19.7. The third-order valence-corrected chi connectivity index (χ3v) is 6.05. The quantitative estimate of drug-likeness (QED) is 0.498. The second-order valence-electron chi connectivity index (χ2n) is 5.92. The number of anilines is 1. The van der Waals surface area contributed by atoms with Crippen LogP contribution < -0.4 is 5.32 Å². The molecule has 3 heterocycles. The van der Waals surface area contributed by atoms with E-state index < -0.39 is 11.7 Å². The first-order valence-electron chi connectivity index (χ1n) is 8.28. The molecular weight excluding hydrogens is 399 g/mol. The molecule has 9 heteroatoms. The van der Waals surface area contributed by atoms with E-state index in [1.807, 2.05) is 24.7 Å². The number of hydrogen-bond acceptors (Lipinski definition) is 6. The van der Waals surface area contributed by atoms with E-state index in [2.05, 4.69) is 15.3 Å². The van der Waals surface area contributed by atoms with Gasteiger partial charge in [-0.1, -0.05) is 0 Å². The lowest BCUT2D eigenvalue weighted by Crippen LogP contribution is -2.14. The Bertz CT molecular complexity index is 1130. The molecule has 1 aromatic carbocycles. The highest BCUT2D eigenvalue weighted by atomic mass is 32.2. The Hall–Kier alpha value is -2.91. The highest BCUT2D eigenvalue weighted by Gasteiger charge is 2.19. The van der Waals surface area contributed by atoms with Crippen LogP contribution in [0.2, 0.25) is 0 Å². The molecule has 3 aromatic heterocycles. The van der Waals surface area contributed by atoms with Crippen molar-refractivity contribution in [2.24, 2.45) is 7.05 Å². The van der Waals surface area contributed by atoms with Crippen molar-refractivity contribution in [3.63, 3.8) is 0 Å². The highest BCUT2D eigenvalue weighted by molar-refractivity contribution is 7.99. The van der Waals surface area contributed by atoms with Gasteiger partial charge in [0.2, 0.25) is 0 Å². The molecule has 1 N–H and O–H groups in total. The first kappa shape index (κ1) is 18.5. The number of amides is 1. The molecule has 0 radical (unpaired) electrons. The molecule has 0 saturated carbocycles. The summed E-state index contributed by atoms with van der Waals surface area (Å²) in [6.45, 7) is 1.81. The summed E-state index contributed by atoms with van der Waals surface area (Å²) in [5.41, 5.74) is 0.651. The zero-order valence-electron chi connectivity index (χ0n) is 15.0. The molecule has 142 valence electrons. The van der Waals surface area contributed by atoms with Gasteiger partial charge in [-0.25, -0.2) is 14.4 Å². The van der Waals surface area contributed by atoms with Gasteiger partial charge in [0.1, 0.15) is 11.5 Å². The van der Waals surface area contributed by atoms with Crippen molar-refractivity contribution in [1.29, 1.82) is 0 Å². The number of nitrogens with one attached hydrogen (secondary N) is 1. The van der Waals surface area contributed by atoms with Gasteiger partial charge in [0, 0.05) is 29.2 Å². The Morgan fingerprint density at radius 3 is 2.93 bits per heavy atom. The van der Waals surface area contributed by atoms with Gasteiger partial charge >= 0.3 is 0 Å². The molecule has 0 aliphatic rings. The van der Waals surface area contributed by atoms with Crippen LogP contribution in [0.5, 0.6) is 0 Å². The zero-order valence-corrected chi connectivity index (χ0v) is 16.6. The summed E-state index contributed by atoms with van der Waals surface area (Å²) in [4.78, 5) is 22.9. The van der Waals surface area contributed by atoms with Crippen LogP contribution in [0.3, 0.4) is 0 Å². The van der Waals surface area contributed by atoms with E-state index in [4.69, 9.17) is 4.42 Å². The monoisotopic (exact) mass is 414 g/mol. The van der Waals surface area contributed by atoms with Crippen LogP contribution >= 0.6 is 23.1 Å². The maximum atomic E-state index is 13.8. The molecule has 0 atom stereocenters. The fourth-order valence-electron chi connectivity index (χ4n) is 2.53. The van der Waals surface area contributed by atoms with Crippen LogP contribution in [0.15, 0.2) is 63.5 Å². The van der Waals surface area contributed by atoms with Crippen molar-refractivity contribution < 1.29 is 13.6 Å². The Morgan fingerprint density at radius 2 is 2.21 bits per heavy atom. The van der Waals surface area contributed by atoms with Gasteiger partial charge in [-0.3, -0.25) is 4.79 Å². The summed E-state index contributed by atoms with van der Waals surface area (Å²) in [6, 6.07) is 7.81. The number of furan rings is 1. The third kappa shape index (κ3) is 3.71. The van der Waals surface area contributed by atoms with E-state index in [1.165, 1.54) is 35.2 Å². The van der Waals surface area contributed by atoms with Crippen molar-refractivity contribution in [1.82, 2.24) is 14.5 Å². The lowest BCUT2D eigenvalue weighted by Gasteiger charge is -2.10. The molecule has 6 nitrogen and oxygen atoms in total. The topological polar surface area (TPSA) is 73.0 Å².